The maximum Gasteiger partial charge on any atom is 0.416 e. The van der Waals surface area contributed by atoms with Gasteiger partial charge in [-0.25, -0.2) is 4.98 Å². The van der Waals surface area contributed by atoms with Crippen molar-refractivity contribution in [3.05, 3.63) is 75.8 Å². The second-order valence-electron chi connectivity index (χ2n) is 7.09. The molecule has 0 bridgehead atoms. The van der Waals surface area contributed by atoms with Crippen molar-refractivity contribution in [2.45, 2.75) is 19.6 Å². The molecule has 0 spiro atoms. The Labute approximate surface area is 181 Å². The average Bonchev–Trinajstić information content (AvgIpc) is 3.13. The van der Waals surface area contributed by atoms with Gasteiger partial charge in [0.25, 0.3) is 11.8 Å². The maximum atomic E-state index is 12.7. The van der Waals surface area contributed by atoms with Crippen LogP contribution < -0.4 is 5.32 Å². The minimum absolute atomic E-state index is 0.105. The summed E-state index contributed by atoms with van der Waals surface area (Å²) >= 11 is 1.12. The van der Waals surface area contributed by atoms with Crippen LogP contribution in [-0.4, -0.2) is 35.8 Å². The van der Waals surface area contributed by atoms with E-state index < -0.39 is 11.7 Å². The summed E-state index contributed by atoms with van der Waals surface area (Å²) in [4.78, 5) is 30.7. The number of rotatable bonds is 5. The van der Waals surface area contributed by atoms with Crippen LogP contribution in [0.2, 0.25) is 0 Å². The van der Waals surface area contributed by atoms with Crippen LogP contribution in [0.1, 0.15) is 36.9 Å². The Kier molecular flexibility index (Phi) is 6.45. The first-order chi connectivity index (χ1) is 14.6. The van der Waals surface area contributed by atoms with Crippen molar-refractivity contribution in [1.29, 1.82) is 0 Å². The molecule has 0 aliphatic rings. The van der Waals surface area contributed by atoms with E-state index in [1.807, 2.05) is 0 Å². The standard InChI is InChI=1S/C22H20F3N3O2S/c1-13-18(31-20(27-13)15-8-10-17(11-9-15)22(23,24)25)19(29)26-12-14-4-6-16(7-5-14)21(30)28(2)3/h4-11H,12H2,1-3H3,(H,26,29). The fourth-order valence-electron chi connectivity index (χ4n) is 2.82. The highest BCUT2D eigenvalue weighted by Crippen LogP contribution is 2.33. The zero-order valence-electron chi connectivity index (χ0n) is 17.1. The summed E-state index contributed by atoms with van der Waals surface area (Å²) in [5, 5.41) is 3.28. The second-order valence-corrected chi connectivity index (χ2v) is 8.09. The van der Waals surface area contributed by atoms with Crippen LogP contribution in [0.4, 0.5) is 13.2 Å². The highest BCUT2D eigenvalue weighted by molar-refractivity contribution is 7.17. The van der Waals surface area contributed by atoms with Gasteiger partial charge in [0.2, 0.25) is 0 Å². The molecule has 0 saturated heterocycles. The molecule has 5 nitrogen and oxygen atoms in total. The van der Waals surface area contributed by atoms with Gasteiger partial charge in [-0.15, -0.1) is 11.3 Å². The first kappa shape index (κ1) is 22.5. The molecular weight excluding hydrogens is 427 g/mol. The van der Waals surface area contributed by atoms with Crippen LogP contribution in [0.3, 0.4) is 0 Å². The zero-order chi connectivity index (χ0) is 22.8. The molecule has 9 heteroatoms. The van der Waals surface area contributed by atoms with Gasteiger partial charge in [-0.05, 0) is 36.8 Å². The minimum atomic E-state index is -4.40. The highest BCUT2D eigenvalue weighted by atomic mass is 32.1. The van der Waals surface area contributed by atoms with Crippen LogP contribution in [0.15, 0.2) is 48.5 Å². The number of carbonyl (C=O) groups is 2. The van der Waals surface area contributed by atoms with Gasteiger partial charge in [0, 0.05) is 31.8 Å². The highest BCUT2D eigenvalue weighted by Gasteiger charge is 2.30. The van der Waals surface area contributed by atoms with E-state index in [-0.39, 0.29) is 18.4 Å². The van der Waals surface area contributed by atoms with Crippen molar-refractivity contribution in [1.82, 2.24) is 15.2 Å². The van der Waals surface area contributed by atoms with Crippen molar-refractivity contribution < 1.29 is 22.8 Å². The van der Waals surface area contributed by atoms with Gasteiger partial charge < -0.3 is 10.2 Å². The van der Waals surface area contributed by atoms with Crippen LogP contribution in [0, 0.1) is 6.92 Å². The van der Waals surface area contributed by atoms with Gasteiger partial charge in [0.05, 0.1) is 11.3 Å². The predicted octanol–water partition coefficient (Wildman–Crippen LogP) is 4.77. The van der Waals surface area contributed by atoms with Crippen LogP contribution >= 0.6 is 11.3 Å². The van der Waals surface area contributed by atoms with Crippen molar-refractivity contribution in [3.63, 3.8) is 0 Å². The number of carbonyl (C=O) groups excluding carboxylic acids is 2. The second kappa shape index (κ2) is 8.89. The van der Waals surface area contributed by atoms with Crippen molar-refractivity contribution in [2.24, 2.45) is 0 Å². The minimum Gasteiger partial charge on any atom is -0.347 e. The summed E-state index contributed by atoms with van der Waals surface area (Å²) in [5.74, 6) is -0.423. The molecule has 0 unspecified atom stereocenters. The van der Waals surface area contributed by atoms with E-state index in [2.05, 4.69) is 10.3 Å². The molecule has 3 rings (SSSR count). The van der Waals surface area contributed by atoms with E-state index in [9.17, 15) is 22.8 Å². The fraction of sp³-hybridized carbons (Fsp3) is 0.227. The Balaban J connectivity index is 1.68. The molecule has 0 atom stereocenters. The largest absolute Gasteiger partial charge is 0.416 e. The van der Waals surface area contributed by atoms with Gasteiger partial charge in [0.15, 0.2) is 0 Å². The number of thiazole rings is 1. The number of nitrogens with zero attached hydrogens (tertiary/aromatic N) is 2. The molecule has 1 N–H and O–H groups in total. The Morgan fingerprint density at radius 3 is 2.19 bits per heavy atom. The normalized spacial score (nSPS) is 11.3. The van der Waals surface area contributed by atoms with Gasteiger partial charge in [-0.1, -0.05) is 24.3 Å². The van der Waals surface area contributed by atoms with Crippen LogP contribution in [-0.2, 0) is 12.7 Å². The lowest BCUT2D eigenvalue weighted by Crippen LogP contribution is -2.23. The summed E-state index contributed by atoms with van der Waals surface area (Å²) in [6.07, 6.45) is -4.40. The first-order valence-corrected chi connectivity index (χ1v) is 10.1. The number of nitrogens with one attached hydrogen (secondary N) is 1. The summed E-state index contributed by atoms with van der Waals surface area (Å²) in [6, 6.07) is 11.6. The van der Waals surface area contributed by atoms with E-state index in [4.69, 9.17) is 0 Å². The summed E-state index contributed by atoms with van der Waals surface area (Å²) in [5.41, 5.74) is 1.67. The summed E-state index contributed by atoms with van der Waals surface area (Å²) in [7, 11) is 3.35. The third kappa shape index (κ3) is 5.29. The van der Waals surface area contributed by atoms with Crippen LogP contribution in [0.5, 0.6) is 0 Å². The summed E-state index contributed by atoms with van der Waals surface area (Å²) < 4.78 is 38.2. The Bertz CT molecular complexity index is 1090. The Morgan fingerprint density at radius 1 is 1.03 bits per heavy atom. The number of hydrogen-bond acceptors (Lipinski definition) is 4. The first-order valence-electron chi connectivity index (χ1n) is 9.30. The number of halogens is 3. The maximum absolute atomic E-state index is 12.7. The molecule has 1 heterocycles. The molecule has 1 aromatic heterocycles. The summed E-state index contributed by atoms with van der Waals surface area (Å²) in [6.45, 7) is 1.95. The lowest BCUT2D eigenvalue weighted by molar-refractivity contribution is -0.137. The Hall–Kier alpha value is -3.20. The molecule has 162 valence electrons. The lowest BCUT2D eigenvalue weighted by atomic mass is 10.1. The van der Waals surface area contributed by atoms with Crippen molar-refractivity contribution >= 4 is 23.2 Å². The predicted molar refractivity (Wildman–Crippen MR) is 113 cm³/mol. The molecular formula is C22H20F3N3O2S. The molecule has 3 aromatic rings. The number of amides is 2. The topological polar surface area (TPSA) is 62.3 Å². The van der Waals surface area contributed by atoms with E-state index in [0.29, 0.717) is 26.7 Å². The molecule has 31 heavy (non-hydrogen) atoms. The van der Waals surface area contributed by atoms with Crippen molar-refractivity contribution in [3.8, 4) is 10.6 Å². The number of aromatic nitrogens is 1. The van der Waals surface area contributed by atoms with E-state index >= 15 is 0 Å². The number of aryl methyl sites for hydroxylation is 1. The molecule has 0 fully saturated rings. The lowest BCUT2D eigenvalue weighted by Gasteiger charge is -2.10. The monoisotopic (exact) mass is 447 g/mol. The van der Waals surface area contributed by atoms with Gasteiger partial charge in [-0.3, -0.25) is 9.59 Å². The zero-order valence-corrected chi connectivity index (χ0v) is 17.9. The molecule has 0 aliphatic heterocycles. The molecule has 0 saturated carbocycles. The molecule has 0 radical (unpaired) electrons. The smallest absolute Gasteiger partial charge is 0.347 e. The number of hydrogen-bond donors (Lipinski definition) is 1. The van der Waals surface area contributed by atoms with E-state index in [0.717, 1.165) is 29.0 Å². The molecule has 0 aliphatic carbocycles. The SMILES string of the molecule is Cc1nc(-c2ccc(C(F)(F)F)cc2)sc1C(=O)NCc1ccc(C(=O)N(C)C)cc1. The fourth-order valence-corrected chi connectivity index (χ4v) is 3.81. The van der Waals surface area contributed by atoms with Gasteiger partial charge in [-0.2, -0.15) is 13.2 Å². The third-order valence-electron chi connectivity index (χ3n) is 4.52. The number of benzene rings is 2. The average molecular weight is 447 g/mol. The van der Waals surface area contributed by atoms with Crippen LogP contribution in [0.25, 0.3) is 10.6 Å². The van der Waals surface area contributed by atoms with E-state index in [1.165, 1.54) is 17.0 Å². The Morgan fingerprint density at radius 2 is 1.65 bits per heavy atom. The van der Waals surface area contributed by atoms with Gasteiger partial charge in [0.1, 0.15) is 9.88 Å². The molecule has 2 amide bonds. The van der Waals surface area contributed by atoms with E-state index in [1.54, 1.807) is 45.3 Å². The third-order valence-corrected chi connectivity index (χ3v) is 5.73. The quantitative estimate of drug-likeness (QED) is 0.613. The van der Waals surface area contributed by atoms with Gasteiger partial charge >= 0.3 is 6.18 Å². The number of alkyl halides is 3. The molecule has 2 aromatic carbocycles. The van der Waals surface area contributed by atoms with Crippen molar-refractivity contribution in [2.75, 3.05) is 14.1 Å².